The van der Waals surface area contributed by atoms with Gasteiger partial charge in [0.15, 0.2) is 0 Å². The number of likely N-dealkylation sites (N-methyl/N-ethyl adjacent to an activating group) is 1. The smallest absolute Gasteiger partial charge is 0.248 e. The van der Waals surface area contributed by atoms with Crippen molar-refractivity contribution in [3.8, 4) is 0 Å². The zero-order chi connectivity index (χ0) is 12.9. The summed E-state index contributed by atoms with van der Waals surface area (Å²) in [4.78, 5) is 14.0. The number of carbonyl (C=O) groups excluding carboxylic acids is 1. The summed E-state index contributed by atoms with van der Waals surface area (Å²) in [5, 5.41) is 3.02. The average molecular weight is 242 g/mol. The van der Waals surface area contributed by atoms with Gasteiger partial charge in [0.25, 0.3) is 0 Å². The largest absolute Gasteiger partial charge is 0.372 e. The van der Waals surface area contributed by atoms with E-state index < -0.39 is 0 Å². The summed E-state index contributed by atoms with van der Waals surface area (Å²) < 4.78 is 5.02. The van der Waals surface area contributed by atoms with Crippen LogP contribution in [0.3, 0.4) is 0 Å². The van der Waals surface area contributed by atoms with Crippen molar-refractivity contribution in [3.63, 3.8) is 0 Å². The van der Waals surface area contributed by atoms with E-state index in [1.54, 1.807) is 14.0 Å². The van der Waals surface area contributed by atoms with Gasteiger partial charge in [-0.2, -0.15) is 0 Å². The lowest BCUT2D eigenvalue weighted by atomic mass is 9.80. The van der Waals surface area contributed by atoms with E-state index in [0.717, 1.165) is 6.54 Å². The van der Waals surface area contributed by atoms with Crippen LogP contribution in [0.4, 0.5) is 0 Å². The van der Waals surface area contributed by atoms with Crippen LogP contribution in [0.1, 0.15) is 39.0 Å². The molecule has 1 rings (SSSR count). The van der Waals surface area contributed by atoms with Crippen LogP contribution in [-0.2, 0) is 9.53 Å². The van der Waals surface area contributed by atoms with Crippen molar-refractivity contribution in [1.82, 2.24) is 10.2 Å². The van der Waals surface area contributed by atoms with E-state index in [0.29, 0.717) is 0 Å². The quantitative estimate of drug-likeness (QED) is 0.792. The van der Waals surface area contributed by atoms with Crippen molar-refractivity contribution in [2.75, 3.05) is 27.7 Å². The summed E-state index contributed by atoms with van der Waals surface area (Å²) in [7, 11) is 5.78. The van der Waals surface area contributed by atoms with E-state index in [1.807, 2.05) is 0 Å². The van der Waals surface area contributed by atoms with Crippen molar-refractivity contribution in [2.24, 2.45) is 0 Å². The fourth-order valence-corrected chi connectivity index (χ4v) is 2.49. The van der Waals surface area contributed by atoms with Gasteiger partial charge in [-0.25, -0.2) is 0 Å². The second-order valence-corrected chi connectivity index (χ2v) is 5.28. The molecule has 4 heteroatoms. The van der Waals surface area contributed by atoms with Gasteiger partial charge in [-0.3, -0.25) is 4.79 Å². The Morgan fingerprint density at radius 2 is 1.94 bits per heavy atom. The van der Waals surface area contributed by atoms with Crippen LogP contribution in [0, 0.1) is 0 Å². The highest BCUT2D eigenvalue weighted by molar-refractivity contribution is 5.80. The van der Waals surface area contributed by atoms with Crippen molar-refractivity contribution in [1.29, 1.82) is 0 Å². The molecule has 1 N–H and O–H groups in total. The number of ether oxygens (including phenoxy) is 1. The first-order valence-corrected chi connectivity index (χ1v) is 6.50. The van der Waals surface area contributed by atoms with E-state index >= 15 is 0 Å². The molecule has 0 aromatic heterocycles. The standard InChI is InChI=1S/C13H26N2O2/c1-11(17-4)12(16)14-10-13(15(2)3)8-6-5-7-9-13/h11H,5-10H2,1-4H3,(H,14,16). The first-order valence-electron chi connectivity index (χ1n) is 6.50. The van der Waals surface area contributed by atoms with E-state index in [9.17, 15) is 4.79 Å². The number of hydrogen-bond acceptors (Lipinski definition) is 3. The second kappa shape index (κ2) is 6.36. The molecule has 0 spiro atoms. The third-order valence-electron chi connectivity index (χ3n) is 4.05. The third-order valence-corrected chi connectivity index (χ3v) is 4.05. The molecule has 1 atom stereocenters. The zero-order valence-electron chi connectivity index (χ0n) is 11.6. The lowest BCUT2D eigenvalue weighted by Gasteiger charge is -2.43. The molecule has 0 bridgehead atoms. The molecule has 0 saturated heterocycles. The SMILES string of the molecule is COC(C)C(=O)NCC1(N(C)C)CCCCC1. The maximum absolute atomic E-state index is 11.7. The van der Waals surface area contributed by atoms with Crippen LogP contribution >= 0.6 is 0 Å². The molecule has 1 fully saturated rings. The molecule has 100 valence electrons. The first kappa shape index (κ1) is 14.5. The number of rotatable bonds is 5. The van der Waals surface area contributed by atoms with Gasteiger partial charge in [0.1, 0.15) is 6.10 Å². The van der Waals surface area contributed by atoms with E-state index in [-0.39, 0.29) is 17.6 Å². The van der Waals surface area contributed by atoms with Crippen LogP contribution in [0.25, 0.3) is 0 Å². The molecular weight excluding hydrogens is 216 g/mol. The normalized spacial score (nSPS) is 21.2. The van der Waals surface area contributed by atoms with Gasteiger partial charge >= 0.3 is 0 Å². The fourth-order valence-electron chi connectivity index (χ4n) is 2.49. The second-order valence-electron chi connectivity index (χ2n) is 5.28. The molecule has 1 amide bonds. The van der Waals surface area contributed by atoms with Gasteiger partial charge in [0.05, 0.1) is 0 Å². The number of nitrogens with one attached hydrogen (secondary N) is 1. The minimum Gasteiger partial charge on any atom is -0.372 e. The third kappa shape index (κ3) is 3.68. The summed E-state index contributed by atoms with van der Waals surface area (Å²) in [6.07, 6.45) is 5.81. The van der Waals surface area contributed by atoms with Crippen LogP contribution < -0.4 is 5.32 Å². The summed E-state index contributed by atoms with van der Waals surface area (Å²) in [6, 6.07) is 0. The van der Waals surface area contributed by atoms with E-state index in [2.05, 4.69) is 24.3 Å². The Bertz CT molecular complexity index is 248. The van der Waals surface area contributed by atoms with E-state index in [4.69, 9.17) is 4.74 Å². The van der Waals surface area contributed by atoms with Crippen LogP contribution in [-0.4, -0.2) is 50.2 Å². The minimum atomic E-state index is -0.363. The molecule has 1 saturated carbocycles. The molecule has 0 heterocycles. The lowest BCUT2D eigenvalue weighted by molar-refractivity contribution is -0.130. The molecule has 17 heavy (non-hydrogen) atoms. The lowest BCUT2D eigenvalue weighted by Crippen LogP contribution is -2.54. The van der Waals surface area contributed by atoms with Crippen LogP contribution in [0.2, 0.25) is 0 Å². The van der Waals surface area contributed by atoms with E-state index in [1.165, 1.54) is 32.1 Å². The Morgan fingerprint density at radius 3 is 2.41 bits per heavy atom. The van der Waals surface area contributed by atoms with Crippen molar-refractivity contribution >= 4 is 5.91 Å². The molecule has 0 aliphatic heterocycles. The number of carbonyl (C=O) groups is 1. The molecule has 4 nitrogen and oxygen atoms in total. The van der Waals surface area contributed by atoms with Gasteiger partial charge in [-0.05, 0) is 33.9 Å². The number of hydrogen-bond donors (Lipinski definition) is 1. The molecule has 0 aromatic rings. The Labute approximate surface area is 105 Å². The van der Waals surface area contributed by atoms with Gasteiger partial charge in [0, 0.05) is 19.2 Å². The minimum absolute atomic E-state index is 0.0145. The molecule has 1 unspecified atom stereocenters. The predicted molar refractivity (Wildman–Crippen MR) is 69.0 cm³/mol. The average Bonchev–Trinajstić information content (AvgIpc) is 2.35. The number of amides is 1. The fraction of sp³-hybridized carbons (Fsp3) is 0.923. The van der Waals surface area contributed by atoms with Crippen LogP contribution in [0.15, 0.2) is 0 Å². The van der Waals surface area contributed by atoms with Crippen LogP contribution in [0.5, 0.6) is 0 Å². The van der Waals surface area contributed by atoms with Gasteiger partial charge in [-0.1, -0.05) is 19.3 Å². The summed E-state index contributed by atoms with van der Waals surface area (Å²) in [6.45, 7) is 2.51. The molecular formula is C13H26N2O2. The monoisotopic (exact) mass is 242 g/mol. The van der Waals surface area contributed by atoms with Crippen molar-refractivity contribution in [3.05, 3.63) is 0 Å². The first-order chi connectivity index (χ1) is 8.02. The molecule has 1 aliphatic carbocycles. The highest BCUT2D eigenvalue weighted by Crippen LogP contribution is 2.31. The summed E-state index contributed by atoms with van der Waals surface area (Å²) in [5.41, 5.74) is 0.140. The topological polar surface area (TPSA) is 41.6 Å². The number of methoxy groups -OCH3 is 1. The molecule has 0 radical (unpaired) electrons. The Morgan fingerprint density at radius 1 is 1.35 bits per heavy atom. The predicted octanol–water partition coefficient (Wildman–Crippen LogP) is 1.40. The van der Waals surface area contributed by atoms with Gasteiger partial charge < -0.3 is 15.0 Å². The Kier molecular flexibility index (Phi) is 5.40. The molecule has 1 aliphatic rings. The summed E-state index contributed by atoms with van der Waals surface area (Å²) >= 11 is 0. The zero-order valence-corrected chi connectivity index (χ0v) is 11.6. The number of nitrogens with zero attached hydrogens (tertiary/aromatic N) is 1. The maximum Gasteiger partial charge on any atom is 0.248 e. The van der Waals surface area contributed by atoms with Gasteiger partial charge in [-0.15, -0.1) is 0 Å². The Hall–Kier alpha value is -0.610. The highest BCUT2D eigenvalue weighted by atomic mass is 16.5. The Balaban J connectivity index is 2.53. The maximum atomic E-state index is 11.7. The van der Waals surface area contributed by atoms with Crippen molar-refractivity contribution < 1.29 is 9.53 Å². The van der Waals surface area contributed by atoms with Crippen molar-refractivity contribution in [2.45, 2.75) is 50.7 Å². The van der Waals surface area contributed by atoms with Gasteiger partial charge in [0.2, 0.25) is 5.91 Å². The summed E-state index contributed by atoms with van der Waals surface area (Å²) in [5.74, 6) is -0.0145. The molecule has 0 aromatic carbocycles. The highest BCUT2D eigenvalue weighted by Gasteiger charge is 2.34.